The van der Waals surface area contributed by atoms with Gasteiger partial charge in [0.1, 0.15) is 16.6 Å². The lowest BCUT2D eigenvalue weighted by Gasteiger charge is -2.01. The van der Waals surface area contributed by atoms with Gasteiger partial charge in [-0.05, 0) is 30.7 Å². The minimum absolute atomic E-state index is 0.113. The molecule has 0 unspecified atom stereocenters. The maximum absolute atomic E-state index is 13.8. The van der Waals surface area contributed by atoms with Crippen molar-refractivity contribution in [3.63, 3.8) is 0 Å². The summed E-state index contributed by atoms with van der Waals surface area (Å²) in [5.74, 6) is 0.375. The Morgan fingerprint density at radius 1 is 1.29 bits per heavy atom. The van der Waals surface area contributed by atoms with Crippen molar-refractivity contribution in [2.24, 2.45) is 0 Å². The molecule has 0 aliphatic carbocycles. The Kier molecular flexibility index (Phi) is 5.05. The molecule has 0 radical (unpaired) electrons. The summed E-state index contributed by atoms with van der Waals surface area (Å²) in [5, 5.41) is 3.53. The molecule has 6 heteroatoms. The van der Waals surface area contributed by atoms with E-state index in [1.807, 2.05) is 13.0 Å². The molecule has 0 saturated carbocycles. The molecular weight excluding hydrogens is 327 g/mol. The first kappa shape index (κ1) is 16.4. The van der Waals surface area contributed by atoms with Crippen molar-refractivity contribution in [3.8, 4) is 0 Å². The molecule has 0 aliphatic heterocycles. The standard InChI is InChI=1S/C18H17FN2O2S/c1-12-16(9-13-5-2-3-7-15(13)19)24-18(21-12)10-17(22)20-11-14-6-4-8-23-14/h2-8H,9-11H2,1H3,(H,20,22). The Balaban J connectivity index is 1.61. The van der Waals surface area contributed by atoms with Crippen molar-refractivity contribution in [2.75, 3.05) is 0 Å². The van der Waals surface area contributed by atoms with Crippen LogP contribution in [0.2, 0.25) is 0 Å². The summed E-state index contributed by atoms with van der Waals surface area (Å²) in [6.45, 7) is 2.25. The molecule has 24 heavy (non-hydrogen) atoms. The smallest absolute Gasteiger partial charge is 0.227 e. The number of thiazole rings is 1. The van der Waals surface area contributed by atoms with Crippen molar-refractivity contribution in [1.29, 1.82) is 0 Å². The van der Waals surface area contributed by atoms with Crippen molar-refractivity contribution in [3.05, 3.63) is 75.4 Å². The van der Waals surface area contributed by atoms with Gasteiger partial charge in [-0.15, -0.1) is 11.3 Å². The minimum atomic E-state index is -0.219. The number of carbonyl (C=O) groups is 1. The SMILES string of the molecule is Cc1nc(CC(=O)NCc2ccco2)sc1Cc1ccccc1F. The highest BCUT2D eigenvalue weighted by atomic mass is 32.1. The Labute approximate surface area is 143 Å². The Hall–Kier alpha value is -2.47. The number of carbonyl (C=O) groups excluding carboxylic acids is 1. The summed E-state index contributed by atoms with van der Waals surface area (Å²) in [4.78, 5) is 17.4. The van der Waals surface area contributed by atoms with E-state index in [0.29, 0.717) is 24.3 Å². The fourth-order valence-corrected chi connectivity index (χ4v) is 3.43. The first-order valence-corrected chi connectivity index (χ1v) is 8.41. The van der Waals surface area contributed by atoms with Crippen molar-refractivity contribution in [2.45, 2.75) is 26.3 Å². The van der Waals surface area contributed by atoms with E-state index < -0.39 is 0 Å². The molecule has 1 amide bonds. The highest BCUT2D eigenvalue weighted by Crippen LogP contribution is 2.23. The number of hydrogen-bond donors (Lipinski definition) is 1. The summed E-state index contributed by atoms with van der Waals surface area (Å²) < 4.78 is 18.9. The van der Waals surface area contributed by atoms with Crippen molar-refractivity contribution < 1.29 is 13.6 Å². The van der Waals surface area contributed by atoms with Gasteiger partial charge in [0.2, 0.25) is 5.91 Å². The van der Waals surface area contributed by atoms with E-state index >= 15 is 0 Å². The molecule has 1 N–H and O–H groups in total. The van der Waals surface area contributed by atoms with Crippen LogP contribution in [0.4, 0.5) is 4.39 Å². The average molecular weight is 344 g/mol. The lowest BCUT2D eigenvalue weighted by atomic mass is 10.1. The van der Waals surface area contributed by atoms with E-state index in [1.165, 1.54) is 17.4 Å². The van der Waals surface area contributed by atoms with Crippen LogP contribution < -0.4 is 5.32 Å². The predicted octanol–water partition coefficient (Wildman–Crippen LogP) is 3.63. The van der Waals surface area contributed by atoms with Gasteiger partial charge in [-0.3, -0.25) is 4.79 Å². The van der Waals surface area contributed by atoms with Crippen LogP contribution in [-0.4, -0.2) is 10.9 Å². The maximum Gasteiger partial charge on any atom is 0.227 e. The van der Waals surface area contributed by atoms with Crippen LogP contribution in [-0.2, 0) is 24.2 Å². The van der Waals surface area contributed by atoms with E-state index in [0.717, 1.165) is 15.6 Å². The Morgan fingerprint density at radius 2 is 2.12 bits per heavy atom. The Bertz CT molecular complexity index is 827. The zero-order chi connectivity index (χ0) is 16.9. The van der Waals surface area contributed by atoms with Crippen LogP contribution in [0.15, 0.2) is 47.1 Å². The number of rotatable bonds is 6. The lowest BCUT2D eigenvalue weighted by molar-refractivity contribution is -0.120. The minimum Gasteiger partial charge on any atom is -0.467 e. The largest absolute Gasteiger partial charge is 0.467 e. The van der Waals surface area contributed by atoms with Crippen LogP contribution in [0.5, 0.6) is 0 Å². The molecule has 0 aliphatic rings. The van der Waals surface area contributed by atoms with Crippen molar-refractivity contribution in [1.82, 2.24) is 10.3 Å². The second-order valence-corrected chi connectivity index (χ2v) is 6.59. The first-order valence-electron chi connectivity index (χ1n) is 7.59. The highest BCUT2D eigenvalue weighted by Gasteiger charge is 2.13. The molecule has 3 aromatic rings. The number of furan rings is 1. The van der Waals surface area contributed by atoms with Crippen LogP contribution in [0.1, 0.15) is 26.9 Å². The van der Waals surface area contributed by atoms with Gasteiger partial charge in [0, 0.05) is 11.3 Å². The molecule has 0 atom stereocenters. The maximum atomic E-state index is 13.8. The van der Waals surface area contributed by atoms with Gasteiger partial charge in [-0.25, -0.2) is 9.37 Å². The summed E-state index contributed by atoms with van der Waals surface area (Å²) in [6, 6.07) is 10.3. The Morgan fingerprint density at radius 3 is 2.88 bits per heavy atom. The third kappa shape index (κ3) is 4.08. The van der Waals surface area contributed by atoms with Gasteiger partial charge in [0.05, 0.1) is 24.9 Å². The summed E-state index contributed by atoms with van der Waals surface area (Å²) in [6.07, 6.45) is 2.27. The number of benzene rings is 1. The zero-order valence-electron chi connectivity index (χ0n) is 13.2. The van der Waals surface area contributed by atoms with Gasteiger partial charge in [0.15, 0.2) is 0 Å². The summed E-state index contributed by atoms with van der Waals surface area (Å²) in [5.41, 5.74) is 1.48. The van der Waals surface area contributed by atoms with E-state index in [4.69, 9.17) is 4.42 Å². The molecule has 3 rings (SSSR count). The van der Waals surface area contributed by atoms with Crippen molar-refractivity contribution >= 4 is 17.2 Å². The number of hydrogen-bond acceptors (Lipinski definition) is 4. The first-order chi connectivity index (χ1) is 11.6. The van der Waals surface area contributed by atoms with Crippen LogP contribution in [0, 0.1) is 12.7 Å². The third-order valence-corrected chi connectivity index (χ3v) is 4.75. The number of aryl methyl sites for hydroxylation is 1. The van der Waals surface area contributed by atoms with Gasteiger partial charge < -0.3 is 9.73 Å². The van der Waals surface area contributed by atoms with Gasteiger partial charge in [0.25, 0.3) is 0 Å². The zero-order valence-corrected chi connectivity index (χ0v) is 14.0. The molecule has 0 bridgehead atoms. The summed E-state index contributed by atoms with van der Waals surface area (Å²) >= 11 is 1.45. The third-order valence-electron chi connectivity index (χ3n) is 3.60. The fourth-order valence-electron chi connectivity index (χ4n) is 2.34. The predicted molar refractivity (Wildman–Crippen MR) is 90.3 cm³/mol. The van der Waals surface area contributed by atoms with E-state index in [1.54, 1.807) is 30.5 Å². The van der Waals surface area contributed by atoms with Crippen LogP contribution in [0.25, 0.3) is 0 Å². The van der Waals surface area contributed by atoms with Crippen LogP contribution in [0.3, 0.4) is 0 Å². The second-order valence-electron chi connectivity index (χ2n) is 5.42. The van der Waals surface area contributed by atoms with E-state index in [2.05, 4.69) is 10.3 Å². The summed E-state index contributed by atoms with van der Waals surface area (Å²) in [7, 11) is 0. The molecule has 4 nitrogen and oxygen atoms in total. The van der Waals surface area contributed by atoms with Crippen LogP contribution >= 0.6 is 11.3 Å². The highest BCUT2D eigenvalue weighted by molar-refractivity contribution is 7.11. The van der Waals surface area contributed by atoms with Gasteiger partial charge in [-0.1, -0.05) is 18.2 Å². The molecule has 0 fully saturated rings. The second kappa shape index (κ2) is 7.40. The quantitative estimate of drug-likeness (QED) is 0.743. The molecule has 2 aromatic heterocycles. The van der Waals surface area contributed by atoms with Gasteiger partial charge in [-0.2, -0.15) is 0 Å². The normalized spacial score (nSPS) is 10.8. The number of halogens is 1. The average Bonchev–Trinajstić information content (AvgIpc) is 3.18. The van der Waals surface area contributed by atoms with E-state index in [-0.39, 0.29) is 18.1 Å². The number of aromatic nitrogens is 1. The lowest BCUT2D eigenvalue weighted by Crippen LogP contribution is -2.24. The molecule has 0 saturated heterocycles. The number of nitrogens with one attached hydrogen (secondary N) is 1. The molecule has 124 valence electrons. The van der Waals surface area contributed by atoms with Gasteiger partial charge >= 0.3 is 0 Å². The molecular formula is C18H17FN2O2S. The number of amides is 1. The molecule has 1 aromatic carbocycles. The molecule has 0 spiro atoms. The monoisotopic (exact) mass is 344 g/mol. The topological polar surface area (TPSA) is 55.1 Å². The number of nitrogens with zero attached hydrogens (tertiary/aromatic N) is 1. The van der Waals surface area contributed by atoms with E-state index in [9.17, 15) is 9.18 Å². The fraction of sp³-hybridized carbons (Fsp3) is 0.222. The molecule has 2 heterocycles.